The maximum atomic E-state index is 8.48. The van der Waals surface area contributed by atoms with Crippen molar-refractivity contribution in [3.8, 4) is 0 Å². The van der Waals surface area contributed by atoms with Gasteiger partial charge in [0.1, 0.15) is 0 Å². The fraction of sp³-hybridized carbons (Fsp3) is 0.667. The fourth-order valence-electron chi connectivity index (χ4n) is 0.997. The Hall–Kier alpha value is 0.230. The van der Waals surface area contributed by atoms with Crippen LogP contribution in [-0.2, 0) is 25.8 Å². The molecule has 1 rings (SSSR count). The molecule has 0 fully saturated rings. The smallest absolute Gasteiger partial charge is 0.0431 e. The average molecular weight is 391 g/mol. The molecular weight excluding hydrogens is 367 g/mol. The Balaban J connectivity index is -0.000000207. The van der Waals surface area contributed by atoms with Crippen LogP contribution in [0, 0.1) is 5.92 Å². The second-order valence-corrected chi connectivity index (χ2v) is 3.19. The molecule has 1 N–H and O–H groups in total. The Labute approximate surface area is 119 Å². The molecule has 94 valence electrons. The number of aliphatic hydroxyl groups excluding tert-OH is 1. The minimum Gasteiger partial charge on any atom is -0.668 e. The summed E-state index contributed by atoms with van der Waals surface area (Å²) in [7, 11) is 7.00. The van der Waals surface area contributed by atoms with Gasteiger partial charge in [0.05, 0.1) is 0 Å². The Kier molecular flexibility index (Phi) is 27.7. The summed E-state index contributed by atoms with van der Waals surface area (Å²) in [4.78, 5) is 0. The number of aliphatic hydroxyl groups is 1. The number of hydrogen-bond donors (Lipinski definition) is 1. The average Bonchev–Trinajstić information content (AvgIpc) is 2.70. The van der Waals surface area contributed by atoms with Crippen molar-refractivity contribution in [3.05, 3.63) is 34.9 Å². The first-order valence-corrected chi connectivity index (χ1v) is 5.18. The van der Waals surface area contributed by atoms with Crippen LogP contribution in [0.15, 0.2) is 24.3 Å². The van der Waals surface area contributed by atoms with Gasteiger partial charge in [-0.3, -0.25) is 0 Å². The molecule has 4 heteroatoms. The van der Waals surface area contributed by atoms with Crippen molar-refractivity contribution in [2.24, 2.45) is 5.92 Å². The van der Waals surface area contributed by atoms with Crippen LogP contribution >= 0.6 is 0 Å². The largest absolute Gasteiger partial charge is 0.668 e. The van der Waals surface area contributed by atoms with Gasteiger partial charge in [0.25, 0.3) is 0 Å². The molecule has 0 radical (unpaired) electrons. The van der Waals surface area contributed by atoms with Crippen molar-refractivity contribution in [1.82, 2.24) is 0 Å². The van der Waals surface area contributed by atoms with Crippen LogP contribution in [-0.4, -0.2) is 39.9 Å². The van der Waals surface area contributed by atoms with E-state index >= 15 is 0 Å². The van der Waals surface area contributed by atoms with Crippen LogP contribution < -0.4 is 0 Å². The van der Waals surface area contributed by atoms with Gasteiger partial charge < -0.3 is 15.7 Å². The molecule has 0 unspecified atom stereocenters. The van der Waals surface area contributed by atoms with Gasteiger partial charge in [-0.15, -0.1) is 0 Å². The summed E-state index contributed by atoms with van der Waals surface area (Å²) >= 11 is 0. The van der Waals surface area contributed by atoms with E-state index in [0.29, 0.717) is 12.5 Å². The molecule has 16 heavy (non-hydrogen) atoms. The normalized spacial score (nSPS) is 12.1. The number of allylic oxidation sites excluding steroid dienone is 4. The summed E-state index contributed by atoms with van der Waals surface area (Å²) < 4.78 is 0. The topological polar surface area (TPSA) is 48.4 Å². The van der Waals surface area contributed by atoms with E-state index in [9.17, 15) is 0 Å². The molecule has 0 aromatic carbocycles. The molecule has 0 bridgehead atoms. The SMILES string of the molecule is C[N-]C.C[N-]C.OCCCC1C=CC=C1.[Hf]. The molecule has 0 saturated carbocycles. The zero-order valence-corrected chi connectivity index (χ0v) is 14.4. The van der Waals surface area contributed by atoms with Crippen molar-refractivity contribution in [2.75, 3.05) is 34.8 Å². The fourth-order valence-corrected chi connectivity index (χ4v) is 0.997. The third-order valence-corrected chi connectivity index (χ3v) is 1.52. The summed E-state index contributed by atoms with van der Waals surface area (Å²) in [6.07, 6.45) is 10.4. The number of rotatable bonds is 3. The first-order chi connectivity index (χ1) is 7.26. The van der Waals surface area contributed by atoms with Gasteiger partial charge in [-0.1, -0.05) is 24.3 Å². The van der Waals surface area contributed by atoms with Gasteiger partial charge in [-0.05, 0) is 18.8 Å². The van der Waals surface area contributed by atoms with Crippen LogP contribution in [0.1, 0.15) is 12.8 Å². The zero-order valence-electron chi connectivity index (χ0n) is 10.8. The maximum Gasteiger partial charge on any atom is 0.0431 e. The van der Waals surface area contributed by atoms with Gasteiger partial charge in [0, 0.05) is 32.5 Å². The van der Waals surface area contributed by atoms with Crippen molar-refractivity contribution < 1.29 is 30.9 Å². The van der Waals surface area contributed by atoms with E-state index in [-0.39, 0.29) is 25.8 Å². The molecule has 0 spiro atoms. The van der Waals surface area contributed by atoms with E-state index in [1.165, 1.54) is 0 Å². The van der Waals surface area contributed by atoms with Crippen molar-refractivity contribution >= 4 is 0 Å². The molecule has 0 aromatic heterocycles. The van der Waals surface area contributed by atoms with Crippen molar-refractivity contribution in [1.29, 1.82) is 0 Å². The van der Waals surface area contributed by atoms with Crippen LogP contribution in [0.3, 0.4) is 0 Å². The van der Waals surface area contributed by atoms with Crippen LogP contribution in [0.2, 0.25) is 0 Å². The van der Waals surface area contributed by atoms with Gasteiger partial charge in [0.2, 0.25) is 0 Å². The first-order valence-electron chi connectivity index (χ1n) is 5.18. The molecule has 1 aliphatic carbocycles. The van der Waals surface area contributed by atoms with E-state index in [1.807, 2.05) is 0 Å². The summed E-state index contributed by atoms with van der Waals surface area (Å²) in [5.74, 6) is 0.595. The Morgan fingerprint density at radius 1 is 1.00 bits per heavy atom. The third kappa shape index (κ3) is 19.8. The molecule has 0 atom stereocenters. The second kappa shape index (κ2) is 20.6. The summed E-state index contributed by atoms with van der Waals surface area (Å²) in [6.45, 7) is 0.318. The van der Waals surface area contributed by atoms with Gasteiger partial charge in [-0.2, -0.15) is 28.2 Å². The molecular formula is C12H24HfN2O-2. The number of hydrogen-bond acceptors (Lipinski definition) is 1. The van der Waals surface area contributed by atoms with Crippen LogP contribution in [0.4, 0.5) is 0 Å². The standard InChI is InChI=1S/C8H12O.2C2H6N.Hf/c9-7-3-6-8-4-1-2-5-8;2*1-3-2;/h1-2,4-5,8-9H,3,6-7H2;2*1-2H3;/q;2*-1;. The first kappa shape index (κ1) is 21.5. The quantitative estimate of drug-likeness (QED) is 0.740. The Morgan fingerprint density at radius 3 is 1.69 bits per heavy atom. The molecule has 0 heterocycles. The third-order valence-electron chi connectivity index (χ3n) is 1.52. The Morgan fingerprint density at radius 2 is 1.38 bits per heavy atom. The summed E-state index contributed by atoms with van der Waals surface area (Å²) in [6, 6.07) is 0. The maximum absolute atomic E-state index is 8.48. The second-order valence-electron chi connectivity index (χ2n) is 3.19. The predicted molar refractivity (Wildman–Crippen MR) is 68.5 cm³/mol. The van der Waals surface area contributed by atoms with Gasteiger partial charge >= 0.3 is 0 Å². The Bertz CT molecular complexity index is 147. The minimum absolute atomic E-state index is 0. The minimum atomic E-state index is 0. The van der Waals surface area contributed by atoms with Crippen molar-refractivity contribution in [3.63, 3.8) is 0 Å². The molecule has 0 aliphatic heterocycles. The van der Waals surface area contributed by atoms with E-state index < -0.39 is 0 Å². The summed E-state index contributed by atoms with van der Waals surface area (Å²) in [5.41, 5.74) is 0. The zero-order chi connectivity index (χ0) is 11.9. The molecule has 3 nitrogen and oxygen atoms in total. The number of nitrogens with zero attached hydrogens (tertiary/aromatic N) is 2. The molecule has 1 aliphatic rings. The molecule has 0 aromatic rings. The molecule has 0 saturated heterocycles. The van der Waals surface area contributed by atoms with E-state index in [2.05, 4.69) is 34.9 Å². The monoisotopic (exact) mass is 392 g/mol. The van der Waals surface area contributed by atoms with Crippen LogP contribution in [0.5, 0.6) is 0 Å². The van der Waals surface area contributed by atoms with Gasteiger partial charge in [0.15, 0.2) is 0 Å². The van der Waals surface area contributed by atoms with E-state index in [1.54, 1.807) is 28.2 Å². The van der Waals surface area contributed by atoms with Crippen molar-refractivity contribution in [2.45, 2.75) is 12.8 Å². The van der Waals surface area contributed by atoms with E-state index in [4.69, 9.17) is 5.11 Å². The van der Waals surface area contributed by atoms with E-state index in [0.717, 1.165) is 12.8 Å². The summed E-state index contributed by atoms with van der Waals surface area (Å²) in [5, 5.41) is 15.5. The van der Waals surface area contributed by atoms with Gasteiger partial charge in [-0.25, -0.2) is 0 Å². The predicted octanol–water partition coefficient (Wildman–Crippen LogP) is 2.74. The van der Waals surface area contributed by atoms with Crippen LogP contribution in [0.25, 0.3) is 10.6 Å². The molecule has 0 amide bonds.